The van der Waals surface area contributed by atoms with Crippen LogP contribution in [0.25, 0.3) is 10.8 Å². The maximum Gasteiger partial charge on any atom is 0.408 e. The van der Waals surface area contributed by atoms with Gasteiger partial charge in [-0.05, 0) is 61.2 Å². The zero-order valence-electron chi connectivity index (χ0n) is 26.1. The molecule has 1 aliphatic heterocycles. The summed E-state index contributed by atoms with van der Waals surface area (Å²) in [7, 11) is 3.20. The number of methoxy groups -OCH3 is 1. The molecule has 0 saturated carbocycles. The van der Waals surface area contributed by atoms with Crippen LogP contribution in [0.15, 0.2) is 66.7 Å². The van der Waals surface area contributed by atoms with E-state index in [1.807, 2.05) is 18.2 Å². The molecule has 0 aliphatic carbocycles. The highest BCUT2D eigenvalue weighted by Gasteiger charge is 2.38. The number of carbonyl (C=O) groups excluding carboxylic acids is 3. The Morgan fingerprint density at radius 2 is 1.64 bits per heavy atom. The SMILES string of the molecule is CNC(=O)[C@H](Cc1ccc2ccccc2c1)N1CCN(C(=O)[C@@H](Cc2ccc(F)cc2)NC(=O)OC(C)(C)C)[C@@H](COC)C1. The van der Waals surface area contributed by atoms with Gasteiger partial charge in [-0.3, -0.25) is 14.5 Å². The first-order chi connectivity index (χ1) is 21.0. The topological polar surface area (TPSA) is 100 Å². The fraction of sp³-hybridized carbons (Fsp3) is 0.441. The van der Waals surface area contributed by atoms with Crippen LogP contribution in [0, 0.1) is 5.82 Å². The minimum absolute atomic E-state index is 0.102. The Morgan fingerprint density at radius 3 is 2.30 bits per heavy atom. The molecular formula is C34H43FN4O5. The van der Waals surface area contributed by atoms with Crippen LogP contribution in [0.5, 0.6) is 0 Å². The molecule has 0 unspecified atom stereocenters. The molecule has 4 rings (SSSR count). The predicted molar refractivity (Wildman–Crippen MR) is 168 cm³/mol. The number of benzene rings is 3. The third-order valence-corrected chi connectivity index (χ3v) is 7.73. The van der Waals surface area contributed by atoms with Gasteiger partial charge >= 0.3 is 6.09 Å². The van der Waals surface area contributed by atoms with Gasteiger partial charge in [0, 0.05) is 40.2 Å². The number of rotatable bonds is 10. The molecule has 3 aromatic rings. The monoisotopic (exact) mass is 606 g/mol. The molecule has 1 fully saturated rings. The van der Waals surface area contributed by atoms with Gasteiger partial charge in [-0.1, -0.05) is 54.6 Å². The van der Waals surface area contributed by atoms with Crippen molar-refractivity contribution < 1.29 is 28.2 Å². The van der Waals surface area contributed by atoms with Gasteiger partial charge in [-0.2, -0.15) is 0 Å². The highest BCUT2D eigenvalue weighted by atomic mass is 19.1. The van der Waals surface area contributed by atoms with Gasteiger partial charge in [0.05, 0.1) is 18.7 Å². The number of nitrogens with one attached hydrogen (secondary N) is 2. The zero-order valence-corrected chi connectivity index (χ0v) is 26.1. The number of halogens is 1. The average molecular weight is 607 g/mol. The van der Waals surface area contributed by atoms with Crippen molar-refractivity contribution in [1.82, 2.24) is 20.4 Å². The first kappa shape index (κ1) is 32.9. The Hall–Kier alpha value is -4.02. The lowest BCUT2D eigenvalue weighted by Crippen LogP contribution is -2.64. The second-order valence-electron chi connectivity index (χ2n) is 12.2. The van der Waals surface area contributed by atoms with Crippen LogP contribution in [0.1, 0.15) is 31.9 Å². The Balaban J connectivity index is 1.54. The van der Waals surface area contributed by atoms with Crippen LogP contribution in [0.2, 0.25) is 0 Å². The summed E-state index contributed by atoms with van der Waals surface area (Å²) in [5, 5.41) is 7.79. The maximum absolute atomic E-state index is 14.1. The fourth-order valence-electron chi connectivity index (χ4n) is 5.64. The highest BCUT2D eigenvalue weighted by molar-refractivity contribution is 5.87. The van der Waals surface area contributed by atoms with Crippen molar-refractivity contribution in [2.24, 2.45) is 0 Å². The van der Waals surface area contributed by atoms with Crippen molar-refractivity contribution >= 4 is 28.7 Å². The van der Waals surface area contributed by atoms with E-state index in [9.17, 15) is 18.8 Å². The number of amides is 3. The van der Waals surface area contributed by atoms with Crippen LogP contribution < -0.4 is 10.6 Å². The molecule has 0 spiro atoms. The van der Waals surface area contributed by atoms with Gasteiger partial charge in [0.15, 0.2) is 0 Å². The first-order valence-corrected chi connectivity index (χ1v) is 14.9. The maximum atomic E-state index is 14.1. The number of piperazine rings is 1. The number of ether oxygens (including phenoxy) is 2. The fourth-order valence-corrected chi connectivity index (χ4v) is 5.64. The summed E-state index contributed by atoms with van der Waals surface area (Å²) < 4.78 is 24.6. The van der Waals surface area contributed by atoms with Crippen molar-refractivity contribution in [2.45, 2.75) is 57.3 Å². The van der Waals surface area contributed by atoms with Crippen molar-refractivity contribution in [1.29, 1.82) is 0 Å². The van der Waals surface area contributed by atoms with E-state index in [4.69, 9.17) is 9.47 Å². The molecule has 10 heteroatoms. The molecule has 3 aromatic carbocycles. The molecule has 44 heavy (non-hydrogen) atoms. The van der Waals surface area contributed by atoms with Crippen molar-refractivity contribution in [3.63, 3.8) is 0 Å². The Labute approximate surface area is 258 Å². The van der Waals surface area contributed by atoms with E-state index in [0.717, 1.165) is 16.3 Å². The van der Waals surface area contributed by atoms with Gasteiger partial charge in [0.25, 0.3) is 0 Å². The van der Waals surface area contributed by atoms with Crippen molar-refractivity contribution in [3.8, 4) is 0 Å². The third-order valence-electron chi connectivity index (χ3n) is 7.73. The van der Waals surface area contributed by atoms with Crippen molar-refractivity contribution in [3.05, 3.63) is 83.7 Å². The second kappa shape index (κ2) is 14.6. The standard InChI is InChI=1S/C34H43FN4O5/c1-34(2,3)44-33(42)37-29(19-23-11-14-27(35)15-12-23)32(41)39-17-16-38(21-28(39)22-43-5)30(31(40)36-4)20-24-10-13-25-8-6-7-9-26(25)18-24/h6-15,18,28-30H,16-17,19-22H2,1-5H3,(H,36,40)(H,37,42)/t28-,29-,30+/m1/s1. The van der Waals surface area contributed by atoms with E-state index in [2.05, 4.69) is 39.8 Å². The molecule has 9 nitrogen and oxygen atoms in total. The third kappa shape index (κ3) is 8.76. The number of likely N-dealkylation sites (N-methyl/N-ethyl adjacent to an activating group) is 1. The quantitative estimate of drug-likeness (QED) is 0.363. The molecule has 0 aromatic heterocycles. The summed E-state index contributed by atoms with van der Waals surface area (Å²) in [6, 6.07) is 18.4. The Kier molecular flexibility index (Phi) is 10.9. The lowest BCUT2D eigenvalue weighted by atomic mass is 9.98. The smallest absolute Gasteiger partial charge is 0.408 e. The molecule has 0 radical (unpaired) electrons. The van der Waals surface area contributed by atoms with E-state index >= 15 is 0 Å². The Bertz CT molecular complexity index is 1440. The molecule has 1 saturated heterocycles. The lowest BCUT2D eigenvalue weighted by Gasteiger charge is -2.44. The number of hydrogen-bond acceptors (Lipinski definition) is 6. The largest absolute Gasteiger partial charge is 0.444 e. The molecular weight excluding hydrogens is 563 g/mol. The van der Waals surface area contributed by atoms with Crippen LogP contribution in [-0.4, -0.2) is 91.8 Å². The van der Waals surface area contributed by atoms with Crippen LogP contribution in [-0.2, 0) is 31.9 Å². The summed E-state index contributed by atoms with van der Waals surface area (Å²) >= 11 is 0. The first-order valence-electron chi connectivity index (χ1n) is 14.9. The van der Waals surface area contributed by atoms with Gasteiger partial charge in [-0.25, -0.2) is 9.18 Å². The normalized spacial score (nSPS) is 17.1. The van der Waals surface area contributed by atoms with E-state index in [1.165, 1.54) is 12.1 Å². The molecule has 1 heterocycles. The Morgan fingerprint density at radius 1 is 0.955 bits per heavy atom. The van der Waals surface area contributed by atoms with Crippen LogP contribution >= 0.6 is 0 Å². The summed E-state index contributed by atoms with van der Waals surface area (Å²) in [6.45, 7) is 6.67. The van der Waals surface area contributed by atoms with E-state index in [0.29, 0.717) is 31.6 Å². The molecule has 236 valence electrons. The number of alkyl carbamates (subject to hydrolysis) is 1. The van der Waals surface area contributed by atoms with Crippen molar-refractivity contribution in [2.75, 3.05) is 40.4 Å². The lowest BCUT2D eigenvalue weighted by molar-refractivity contribution is -0.141. The van der Waals surface area contributed by atoms with Gasteiger partial charge in [0.1, 0.15) is 17.5 Å². The van der Waals surface area contributed by atoms with Gasteiger partial charge < -0.3 is 25.0 Å². The zero-order chi connectivity index (χ0) is 31.9. The number of fused-ring (bicyclic) bond motifs is 1. The molecule has 0 bridgehead atoms. The highest BCUT2D eigenvalue weighted by Crippen LogP contribution is 2.22. The summed E-state index contributed by atoms with van der Waals surface area (Å²) in [6.07, 6.45) is -0.0536. The van der Waals surface area contributed by atoms with Crippen LogP contribution in [0.4, 0.5) is 9.18 Å². The van der Waals surface area contributed by atoms with Gasteiger partial charge in [0.2, 0.25) is 11.8 Å². The van der Waals surface area contributed by atoms with E-state index in [1.54, 1.807) is 52.0 Å². The average Bonchev–Trinajstić information content (AvgIpc) is 2.99. The number of hydrogen-bond donors (Lipinski definition) is 2. The second-order valence-corrected chi connectivity index (χ2v) is 12.2. The molecule has 3 amide bonds. The minimum atomic E-state index is -0.950. The molecule has 2 N–H and O–H groups in total. The number of carbonyl (C=O) groups is 3. The van der Waals surface area contributed by atoms with Gasteiger partial charge in [-0.15, -0.1) is 0 Å². The molecule has 1 aliphatic rings. The predicted octanol–water partition coefficient (Wildman–Crippen LogP) is 3.93. The van der Waals surface area contributed by atoms with E-state index < -0.39 is 23.8 Å². The molecule has 3 atom stereocenters. The summed E-state index contributed by atoms with van der Waals surface area (Å²) in [4.78, 5) is 43.8. The summed E-state index contributed by atoms with van der Waals surface area (Å²) in [5.41, 5.74) is 0.982. The van der Waals surface area contributed by atoms with Crippen LogP contribution in [0.3, 0.4) is 0 Å². The number of nitrogens with zero attached hydrogens (tertiary/aromatic N) is 2. The minimum Gasteiger partial charge on any atom is -0.444 e. The van der Waals surface area contributed by atoms with E-state index in [-0.39, 0.29) is 36.7 Å². The summed E-state index contributed by atoms with van der Waals surface area (Å²) in [5.74, 6) is -0.787.